The summed E-state index contributed by atoms with van der Waals surface area (Å²) in [4.78, 5) is 4.85. The lowest BCUT2D eigenvalue weighted by atomic mass is 10.0. The maximum absolute atomic E-state index is 6.04. The minimum Gasteiger partial charge on any atom is -0.497 e. The summed E-state index contributed by atoms with van der Waals surface area (Å²) in [6, 6.07) is 25.7. The fourth-order valence-corrected chi connectivity index (χ4v) is 3.77. The number of benzene rings is 3. The van der Waals surface area contributed by atoms with Crippen molar-refractivity contribution in [1.29, 1.82) is 0 Å². The van der Waals surface area contributed by atoms with Gasteiger partial charge in [0, 0.05) is 10.9 Å². The van der Waals surface area contributed by atoms with Gasteiger partial charge in [-0.1, -0.05) is 23.4 Å². The van der Waals surface area contributed by atoms with Crippen LogP contribution in [-0.4, -0.2) is 34.2 Å². The molecule has 0 saturated heterocycles. The van der Waals surface area contributed by atoms with Gasteiger partial charge in [0.2, 0.25) is 0 Å². The van der Waals surface area contributed by atoms with Crippen LogP contribution < -0.4 is 9.47 Å². The molecule has 0 amide bonds. The predicted molar refractivity (Wildman–Crippen MR) is 130 cm³/mol. The van der Waals surface area contributed by atoms with Crippen LogP contribution in [0.5, 0.6) is 11.5 Å². The molecule has 0 spiro atoms. The van der Waals surface area contributed by atoms with Crippen LogP contribution in [0.1, 0.15) is 11.3 Å². The Balaban J connectivity index is 1.33. The highest BCUT2D eigenvalue weighted by Crippen LogP contribution is 2.27. The van der Waals surface area contributed by atoms with Crippen molar-refractivity contribution in [3.8, 4) is 28.4 Å². The monoisotopic (exact) mass is 452 g/mol. The lowest BCUT2D eigenvalue weighted by molar-refractivity contribution is 0.105. The van der Waals surface area contributed by atoms with Gasteiger partial charge < -0.3 is 14.2 Å². The SMILES string of the molecule is COc1ccc(-c2cc(COCc3cn(-c4ccc(OC)cc4)nn3)c3ccccc3n2)cc1. The Morgan fingerprint density at radius 2 is 1.50 bits per heavy atom. The fraction of sp³-hybridized carbons (Fsp3) is 0.148. The second-order valence-corrected chi connectivity index (χ2v) is 7.76. The number of para-hydroxylation sites is 1. The highest BCUT2D eigenvalue weighted by Gasteiger charge is 2.10. The zero-order valence-corrected chi connectivity index (χ0v) is 19.0. The number of methoxy groups -OCH3 is 2. The van der Waals surface area contributed by atoms with Gasteiger partial charge in [-0.05, 0) is 66.2 Å². The van der Waals surface area contributed by atoms with Crippen molar-refractivity contribution in [2.75, 3.05) is 14.2 Å². The molecule has 5 aromatic rings. The first-order chi connectivity index (χ1) is 16.7. The van der Waals surface area contributed by atoms with Crippen LogP contribution in [0.4, 0.5) is 0 Å². The number of ether oxygens (including phenoxy) is 3. The van der Waals surface area contributed by atoms with Crippen LogP contribution >= 0.6 is 0 Å². The Hall–Kier alpha value is -4.23. The third kappa shape index (κ3) is 4.60. The van der Waals surface area contributed by atoms with E-state index in [1.54, 1.807) is 18.9 Å². The third-order valence-electron chi connectivity index (χ3n) is 5.57. The van der Waals surface area contributed by atoms with Gasteiger partial charge >= 0.3 is 0 Å². The molecule has 2 heterocycles. The molecule has 0 aliphatic carbocycles. The average molecular weight is 453 g/mol. The lowest BCUT2D eigenvalue weighted by Crippen LogP contribution is -1.98. The Bertz CT molecular complexity index is 1400. The van der Waals surface area contributed by atoms with Gasteiger partial charge in [-0.15, -0.1) is 5.10 Å². The molecule has 0 fully saturated rings. The summed E-state index contributed by atoms with van der Waals surface area (Å²) in [5.74, 6) is 1.61. The van der Waals surface area contributed by atoms with E-state index in [1.807, 2.05) is 72.9 Å². The molecule has 0 atom stereocenters. The molecule has 0 aliphatic rings. The zero-order valence-electron chi connectivity index (χ0n) is 19.0. The van der Waals surface area contributed by atoms with E-state index in [0.29, 0.717) is 13.2 Å². The molecular weight excluding hydrogens is 428 g/mol. The molecule has 7 heteroatoms. The highest BCUT2D eigenvalue weighted by molar-refractivity contribution is 5.85. The van der Waals surface area contributed by atoms with Crippen molar-refractivity contribution in [2.45, 2.75) is 13.2 Å². The van der Waals surface area contributed by atoms with Crippen LogP contribution in [0, 0.1) is 0 Å². The number of nitrogens with zero attached hydrogens (tertiary/aromatic N) is 4. The Morgan fingerprint density at radius 3 is 2.24 bits per heavy atom. The summed E-state index contributed by atoms with van der Waals surface area (Å²) >= 11 is 0. The van der Waals surface area contributed by atoms with Crippen LogP contribution in [-0.2, 0) is 18.0 Å². The number of fused-ring (bicyclic) bond motifs is 1. The maximum atomic E-state index is 6.04. The lowest BCUT2D eigenvalue weighted by Gasteiger charge is -2.11. The van der Waals surface area contributed by atoms with Crippen molar-refractivity contribution in [2.24, 2.45) is 0 Å². The van der Waals surface area contributed by atoms with E-state index in [4.69, 9.17) is 19.2 Å². The molecular formula is C27H24N4O3. The van der Waals surface area contributed by atoms with Crippen molar-refractivity contribution in [1.82, 2.24) is 20.0 Å². The van der Waals surface area contributed by atoms with Gasteiger partial charge in [0.25, 0.3) is 0 Å². The summed E-state index contributed by atoms with van der Waals surface area (Å²) in [7, 11) is 3.31. The highest BCUT2D eigenvalue weighted by atomic mass is 16.5. The van der Waals surface area contributed by atoms with Crippen molar-refractivity contribution < 1.29 is 14.2 Å². The molecule has 0 saturated carbocycles. The first kappa shape index (κ1) is 21.6. The van der Waals surface area contributed by atoms with Crippen molar-refractivity contribution in [3.05, 3.63) is 96.3 Å². The van der Waals surface area contributed by atoms with Gasteiger partial charge in [0.05, 0.1) is 50.5 Å². The van der Waals surface area contributed by atoms with Gasteiger partial charge in [-0.2, -0.15) is 0 Å². The number of pyridine rings is 1. The predicted octanol–water partition coefficient (Wildman–Crippen LogP) is 5.22. The number of hydrogen-bond acceptors (Lipinski definition) is 6. The molecule has 5 rings (SSSR count). The molecule has 0 N–H and O–H groups in total. The molecule has 0 aliphatic heterocycles. The summed E-state index contributed by atoms with van der Waals surface area (Å²) in [6.07, 6.45) is 1.87. The first-order valence-electron chi connectivity index (χ1n) is 10.9. The third-order valence-corrected chi connectivity index (χ3v) is 5.57. The molecule has 0 radical (unpaired) electrons. The van der Waals surface area contributed by atoms with Crippen molar-refractivity contribution >= 4 is 10.9 Å². The molecule has 0 unspecified atom stereocenters. The van der Waals surface area contributed by atoms with Crippen LogP contribution in [0.2, 0.25) is 0 Å². The van der Waals surface area contributed by atoms with E-state index in [0.717, 1.165) is 50.6 Å². The van der Waals surface area contributed by atoms with Gasteiger partial charge in [-0.25, -0.2) is 9.67 Å². The Labute approximate surface area is 197 Å². The van der Waals surface area contributed by atoms with Crippen LogP contribution in [0.25, 0.3) is 27.8 Å². The molecule has 170 valence electrons. The summed E-state index contributed by atoms with van der Waals surface area (Å²) < 4.78 is 18.3. The first-order valence-corrected chi connectivity index (χ1v) is 10.9. The minimum absolute atomic E-state index is 0.352. The molecule has 34 heavy (non-hydrogen) atoms. The number of hydrogen-bond donors (Lipinski definition) is 0. The van der Waals surface area contributed by atoms with Crippen LogP contribution in [0.15, 0.2) is 85.1 Å². The molecule has 0 bridgehead atoms. The Morgan fingerprint density at radius 1 is 0.794 bits per heavy atom. The maximum Gasteiger partial charge on any atom is 0.119 e. The molecule has 3 aromatic carbocycles. The van der Waals surface area contributed by atoms with Crippen LogP contribution in [0.3, 0.4) is 0 Å². The van der Waals surface area contributed by atoms with Gasteiger partial charge in [-0.3, -0.25) is 0 Å². The van der Waals surface area contributed by atoms with E-state index < -0.39 is 0 Å². The quantitative estimate of drug-likeness (QED) is 0.322. The fourth-order valence-electron chi connectivity index (χ4n) is 3.77. The van der Waals surface area contributed by atoms with E-state index in [-0.39, 0.29) is 0 Å². The summed E-state index contributed by atoms with van der Waals surface area (Å²) in [5.41, 5.74) is 5.58. The second kappa shape index (κ2) is 9.72. The van der Waals surface area contributed by atoms with E-state index in [2.05, 4.69) is 22.4 Å². The topological polar surface area (TPSA) is 71.3 Å². The van der Waals surface area contributed by atoms with E-state index in [1.165, 1.54) is 0 Å². The molecule has 7 nitrogen and oxygen atoms in total. The molecule has 2 aromatic heterocycles. The summed E-state index contributed by atoms with van der Waals surface area (Å²) in [5, 5.41) is 9.52. The van der Waals surface area contributed by atoms with E-state index >= 15 is 0 Å². The van der Waals surface area contributed by atoms with Gasteiger partial charge in [0.1, 0.15) is 17.2 Å². The Kier molecular flexibility index (Phi) is 6.18. The van der Waals surface area contributed by atoms with Crippen molar-refractivity contribution in [3.63, 3.8) is 0 Å². The minimum atomic E-state index is 0.352. The second-order valence-electron chi connectivity index (χ2n) is 7.76. The zero-order chi connectivity index (χ0) is 23.3. The van der Waals surface area contributed by atoms with E-state index in [9.17, 15) is 0 Å². The summed E-state index contributed by atoms with van der Waals surface area (Å²) in [6.45, 7) is 0.784. The largest absolute Gasteiger partial charge is 0.497 e. The number of aromatic nitrogens is 4. The number of rotatable bonds is 8. The average Bonchev–Trinajstić information content (AvgIpc) is 3.37. The standard InChI is InChI=1S/C27H24N4O3/c1-32-23-11-7-19(8-12-23)27-15-20(25-5-3-4-6-26(25)28-27)17-34-18-21-16-31(30-29-21)22-9-13-24(33-2)14-10-22/h3-16H,17-18H2,1-2H3. The van der Waals surface area contributed by atoms with Gasteiger partial charge in [0.15, 0.2) is 0 Å². The smallest absolute Gasteiger partial charge is 0.119 e. The normalized spacial score (nSPS) is 11.0.